The molecular weight excluding hydrogens is 241 g/mol. The fraction of sp³-hybridized carbons (Fsp3) is 0.333. The van der Waals surface area contributed by atoms with E-state index < -0.39 is 0 Å². The maximum atomic E-state index is 2.25. The summed E-state index contributed by atoms with van der Waals surface area (Å²) in [6.07, 6.45) is 5.32. The largest absolute Gasteiger partial charge is 0.364 e. The highest BCUT2D eigenvalue weighted by atomic mass is 24.5. The standard InChI is InChI=1S/2C9H11.Mg/c2*1-2-6-9-7-4-3-5-8-9;/h2*3-5,7-8H,1-2,6H2;. The van der Waals surface area contributed by atoms with Gasteiger partial charge in [-0.2, -0.15) is 0 Å². The Hall–Kier alpha value is -0.794. The first-order chi connectivity index (χ1) is 9.45. The maximum Gasteiger partial charge on any atom is 0.364 e. The molecule has 96 valence electrons. The van der Waals surface area contributed by atoms with Gasteiger partial charge >= 0.3 is 20.4 Å². The van der Waals surface area contributed by atoms with Crippen molar-refractivity contribution in [2.45, 2.75) is 34.8 Å². The zero-order valence-electron chi connectivity index (χ0n) is 11.7. The molecule has 0 amide bonds. The van der Waals surface area contributed by atoms with Crippen molar-refractivity contribution in [3.8, 4) is 0 Å². The van der Waals surface area contributed by atoms with Gasteiger partial charge in [0.2, 0.25) is 0 Å². The molecule has 0 aromatic heterocycles. The Bertz CT molecular complexity index is 392. The second kappa shape index (κ2) is 9.16. The second-order valence-corrected chi connectivity index (χ2v) is 7.36. The van der Waals surface area contributed by atoms with Gasteiger partial charge in [0.25, 0.3) is 0 Å². The van der Waals surface area contributed by atoms with Crippen molar-refractivity contribution < 1.29 is 0 Å². The Kier molecular flexibility index (Phi) is 7.05. The van der Waals surface area contributed by atoms with E-state index >= 15 is 0 Å². The lowest BCUT2D eigenvalue weighted by Crippen LogP contribution is -1.93. The lowest BCUT2D eigenvalue weighted by Gasteiger charge is -2.02. The minimum atomic E-state index is 0.180. The predicted molar refractivity (Wildman–Crippen MR) is 84.9 cm³/mol. The van der Waals surface area contributed by atoms with E-state index in [1.165, 1.54) is 45.9 Å². The van der Waals surface area contributed by atoms with E-state index in [-0.39, 0.29) is 20.4 Å². The summed E-state index contributed by atoms with van der Waals surface area (Å²) in [5.74, 6) is 0. The van der Waals surface area contributed by atoms with Gasteiger partial charge in [-0.1, -0.05) is 73.5 Å². The molecule has 2 aromatic rings. The third kappa shape index (κ3) is 6.26. The van der Waals surface area contributed by atoms with Crippen LogP contribution in [-0.4, -0.2) is 20.4 Å². The van der Waals surface area contributed by atoms with Crippen LogP contribution in [0.5, 0.6) is 0 Å². The molecule has 0 atom stereocenters. The molecule has 19 heavy (non-hydrogen) atoms. The Morgan fingerprint density at radius 2 is 1.00 bits per heavy atom. The fourth-order valence-electron chi connectivity index (χ4n) is 2.48. The van der Waals surface area contributed by atoms with Crippen LogP contribution >= 0.6 is 0 Å². The highest BCUT2D eigenvalue weighted by Crippen LogP contribution is 2.08. The summed E-state index contributed by atoms with van der Waals surface area (Å²) in [6, 6.07) is 21.8. The van der Waals surface area contributed by atoms with Gasteiger partial charge in [0.05, 0.1) is 0 Å². The molecule has 0 saturated carbocycles. The van der Waals surface area contributed by atoms with Crippen molar-refractivity contribution in [1.29, 1.82) is 0 Å². The molecule has 2 aromatic carbocycles. The molecular formula is C18H22Mg. The highest BCUT2D eigenvalue weighted by molar-refractivity contribution is 6.35. The Morgan fingerprint density at radius 3 is 1.42 bits per heavy atom. The van der Waals surface area contributed by atoms with Crippen molar-refractivity contribution in [3.63, 3.8) is 0 Å². The lowest BCUT2D eigenvalue weighted by molar-refractivity contribution is 0.884. The van der Waals surface area contributed by atoms with Crippen LogP contribution in [0.25, 0.3) is 0 Å². The van der Waals surface area contributed by atoms with Gasteiger partial charge in [0.15, 0.2) is 0 Å². The molecule has 2 rings (SSSR count). The van der Waals surface area contributed by atoms with Crippen LogP contribution < -0.4 is 0 Å². The lowest BCUT2D eigenvalue weighted by atomic mass is 10.1. The SMILES string of the molecule is c1ccc(CC[CH2][Mg][CH2]CCc2ccccc2)cc1. The highest BCUT2D eigenvalue weighted by Gasteiger charge is 1.98. The van der Waals surface area contributed by atoms with E-state index in [1.807, 2.05) is 0 Å². The van der Waals surface area contributed by atoms with Crippen molar-refractivity contribution in [1.82, 2.24) is 0 Å². The molecule has 0 aliphatic heterocycles. The minimum absolute atomic E-state index is 0.180. The van der Waals surface area contributed by atoms with E-state index in [9.17, 15) is 0 Å². The van der Waals surface area contributed by atoms with Gasteiger partial charge in [-0.05, 0) is 24.0 Å². The van der Waals surface area contributed by atoms with E-state index in [1.54, 1.807) is 0 Å². The first kappa shape index (κ1) is 14.6. The molecule has 0 bridgehead atoms. The number of hydrogen-bond donors (Lipinski definition) is 0. The minimum Gasteiger partial charge on any atom is -0.145 e. The zero-order chi connectivity index (χ0) is 13.2. The summed E-state index contributed by atoms with van der Waals surface area (Å²) >= 11 is 0.180. The molecule has 0 fully saturated rings. The summed E-state index contributed by atoms with van der Waals surface area (Å²) in [5, 5.41) is 0. The number of benzene rings is 2. The zero-order valence-corrected chi connectivity index (χ0v) is 13.1. The number of aryl methyl sites for hydroxylation is 2. The van der Waals surface area contributed by atoms with Gasteiger partial charge in [-0.25, -0.2) is 0 Å². The monoisotopic (exact) mass is 262 g/mol. The van der Waals surface area contributed by atoms with Gasteiger partial charge in [0.1, 0.15) is 0 Å². The van der Waals surface area contributed by atoms with Gasteiger partial charge < -0.3 is 0 Å². The average molecular weight is 263 g/mol. The summed E-state index contributed by atoms with van der Waals surface area (Å²) in [4.78, 5) is 0. The Balaban J connectivity index is 1.49. The topological polar surface area (TPSA) is 0 Å². The van der Waals surface area contributed by atoms with Crippen LogP contribution in [0.15, 0.2) is 60.7 Å². The Morgan fingerprint density at radius 1 is 0.579 bits per heavy atom. The summed E-state index contributed by atoms with van der Waals surface area (Å²) in [7, 11) is 0. The summed E-state index contributed by atoms with van der Waals surface area (Å²) < 4.78 is 3.01. The first-order valence-electron chi connectivity index (χ1n) is 7.53. The molecule has 0 aliphatic carbocycles. The van der Waals surface area contributed by atoms with Gasteiger partial charge in [0, 0.05) is 0 Å². The molecule has 0 nitrogen and oxygen atoms in total. The predicted octanol–water partition coefficient (Wildman–Crippen LogP) is 4.79. The smallest absolute Gasteiger partial charge is 0.145 e. The average Bonchev–Trinajstić information content (AvgIpc) is 2.48. The summed E-state index contributed by atoms with van der Waals surface area (Å²) in [6.45, 7) is 0. The van der Waals surface area contributed by atoms with E-state index in [0.29, 0.717) is 0 Å². The molecule has 0 radical (unpaired) electrons. The van der Waals surface area contributed by atoms with Crippen LogP contribution in [-0.2, 0) is 12.8 Å². The van der Waals surface area contributed by atoms with Crippen LogP contribution in [0.3, 0.4) is 0 Å². The molecule has 0 unspecified atom stereocenters. The van der Waals surface area contributed by atoms with Gasteiger partial charge in [-0.3, -0.25) is 0 Å². The van der Waals surface area contributed by atoms with Gasteiger partial charge in [-0.15, -0.1) is 9.10 Å². The third-order valence-corrected chi connectivity index (χ3v) is 5.62. The van der Waals surface area contributed by atoms with Crippen LogP contribution in [0, 0.1) is 0 Å². The quantitative estimate of drug-likeness (QED) is 0.474. The second-order valence-electron chi connectivity index (χ2n) is 5.24. The number of rotatable bonds is 8. The number of hydrogen-bond acceptors (Lipinski definition) is 0. The first-order valence-corrected chi connectivity index (χ1v) is 9.53. The molecule has 0 saturated heterocycles. The van der Waals surface area contributed by atoms with Crippen LogP contribution in [0.2, 0.25) is 9.10 Å². The Labute approximate surface area is 127 Å². The van der Waals surface area contributed by atoms with Crippen LogP contribution in [0.1, 0.15) is 24.0 Å². The molecule has 0 aliphatic rings. The molecule has 1 heteroatoms. The third-order valence-electron chi connectivity index (χ3n) is 3.62. The van der Waals surface area contributed by atoms with E-state index in [4.69, 9.17) is 0 Å². The van der Waals surface area contributed by atoms with Crippen molar-refractivity contribution in [2.75, 3.05) is 0 Å². The molecule has 0 spiro atoms. The fourth-order valence-corrected chi connectivity index (χ4v) is 4.04. The van der Waals surface area contributed by atoms with Crippen molar-refractivity contribution >= 4 is 20.4 Å². The van der Waals surface area contributed by atoms with Crippen molar-refractivity contribution in [2.24, 2.45) is 0 Å². The van der Waals surface area contributed by atoms with Crippen LogP contribution in [0.4, 0.5) is 0 Å². The molecule has 0 heterocycles. The summed E-state index contributed by atoms with van der Waals surface area (Å²) in [5.41, 5.74) is 3.00. The maximum absolute atomic E-state index is 2.25. The normalized spacial score (nSPS) is 10.1. The van der Waals surface area contributed by atoms with Crippen molar-refractivity contribution in [3.05, 3.63) is 71.8 Å². The van der Waals surface area contributed by atoms with E-state index in [0.717, 1.165) is 0 Å². The van der Waals surface area contributed by atoms with E-state index in [2.05, 4.69) is 60.7 Å². The molecule has 0 N–H and O–H groups in total.